The van der Waals surface area contributed by atoms with E-state index in [1.807, 2.05) is 25.1 Å². The summed E-state index contributed by atoms with van der Waals surface area (Å²) in [5.74, 6) is 0.847. The number of rotatable bonds is 5. The van der Waals surface area contributed by atoms with Gasteiger partial charge in [-0.25, -0.2) is 9.97 Å². The van der Waals surface area contributed by atoms with Crippen LogP contribution in [-0.2, 0) is 0 Å². The highest BCUT2D eigenvalue weighted by Gasteiger charge is 2.23. The van der Waals surface area contributed by atoms with E-state index in [1.165, 1.54) is 31.9 Å². The molecule has 2 saturated heterocycles. The van der Waals surface area contributed by atoms with Crippen LogP contribution in [0.15, 0.2) is 35.1 Å². The fourth-order valence-electron chi connectivity index (χ4n) is 4.88. The summed E-state index contributed by atoms with van der Waals surface area (Å²) in [4.78, 5) is 36.3. The zero-order chi connectivity index (χ0) is 24.5. The molecule has 186 valence electrons. The first-order valence-corrected chi connectivity index (χ1v) is 13.5. The number of carbonyl (C=O) groups is 1. The van der Waals surface area contributed by atoms with Gasteiger partial charge in [0.2, 0.25) is 5.89 Å². The second kappa shape index (κ2) is 9.85. The monoisotopic (exact) mass is 503 g/mol. The maximum atomic E-state index is 13.2. The molecule has 0 aromatic carbocycles. The average molecular weight is 504 g/mol. The standard InChI is InChI=1S/C26H29N7O2S/c1-17-14-18(8-9-27-17)25-29-20(16-35-25)24(34)28-19-15-21-22(30-23(19)32-10-4-2-5-11-32)31-26(36-21)33-12-6-3-7-13-33/h8-9,14-16H,2-7,10-13H2,1H3,(H,28,34). The number of thiazole rings is 1. The van der Waals surface area contributed by atoms with Crippen LogP contribution in [0, 0.1) is 6.92 Å². The Hall–Kier alpha value is -3.53. The number of aromatic nitrogens is 4. The molecule has 2 aliphatic heterocycles. The van der Waals surface area contributed by atoms with Crippen LogP contribution in [-0.4, -0.2) is 52.0 Å². The van der Waals surface area contributed by atoms with Gasteiger partial charge in [0.15, 0.2) is 22.3 Å². The molecule has 0 spiro atoms. The predicted octanol–water partition coefficient (Wildman–Crippen LogP) is 5.28. The molecule has 0 radical (unpaired) electrons. The zero-order valence-corrected chi connectivity index (χ0v) is 21.2. The van der Waals surface area contributed by atoms with Crippen LogP contribution in [0.5, 0.6) is 0 Å². The van der Waals surface area contributed by atoms with Crippen LogP contribution in [0.2, 0.25) is 0 Å². The molecule has 6 rings (SSSR count). The Morgan fingerprint density at radius 1 is 0.972 bits per heavy atom. The number of fused-ring (bicyclic) bond motifs is 1. The fourth-order valence-corrected chi connectivity index (χ4v) is 5.88. The minimum atomic E-state index is -0.323. The quantitative estimate of drug-likeness (QED) is 0.392. The number of amides is 1. The summed E-state index contributed by atoms with van der Waals surface area (Å²) < 4.78 is 6.58. The van der Waals surface area contributed by atoms with Crippen molar-refractivity contribution in [1.82, 2.24) is 19.9 Å². The summed E-state index contributed by atoms with van der Waals surface area (Å²) in [5.41, 5.74) is 3.30. The Kier molecular flexibility index (Phi) is 6.27. The van der Waals surface area contributed by atoms with Crippen LogP contribution in [0.1, 0.15) is 54.7 Å². The SMILES string of the molecule is Cc1cc(-c2nc(C(=O)Nc3cc4sc(N5CCCCC5)nc4nc3N3CCCCC3)co2)ccn1. The molecule has 0 saturated carbocycles. The number of nitrogens with zero attached hydrogens (tertiary/aromatic N) is 6. The molecule has 36 heavy (non-hydrogen) atoms. The first-order valence-electron chi connectivity index (χ1n) is 12.7. The van der Waals surface area contributed by atoms with E-state index in [4.69, 9.17) is 14.4 Å². The topological polar surface area (TPSA) is 100 Å². The molecule has 0 unspecified atom stereocenters. The first kappa shape index (κ1) is 22.9. The minimum absolute atomic E-state index is 0.225. The van der Waals surface area contributed by atoms with Crippen molar-refractivity contribution in [3.05, 3.63) is 42.0 Å². The van der Waals surface area contributed by atoms with E-state index >= 15 is 0 Å². The fraction of sp³-hybridized carbons (Fsp3) is 0.423. The number of piperidine rings is 2. The van der Waals surface area contributed by atoms with Gasteiger partial charge in [0.1, 0.15) is 6.26 Å². The highest BCUT2D eigenvalue weighted by molar-refractivity contribution is 7.22. The van der Waals surface area contributed by atoms with Gasteiger partial charge in [0.25, 0.3) is 5.91 Å². The van der Waals surface area contributed by atoms with Gasteiger partial charge in [-0.2, -0.15) is 4.98 Å². The zero-order valence-electron chi connectivity index (χ0n) is 20.4. The maximum Gasteiger partial charge on any atom is 0.277 e. The molecular formula is C26H29N7O2S. The van der Waals surface area contributed by atoms with Crippen molar-refractivity contribution in [1.29, 1.82) is 0 Å². The second-order valence-electron chi connectivity index (χ2n) is 9.45. The Balaban J connectivity index is 1.31. The van der Waals surface area contributed by atoms with Gasteiger partial charge in [0.05, 0.1) is 10.4 Å². The molecule has 2 aliphatic rings. The van der Waals surface area contributed by atoms with Gasteiger partial charge in [-0.3, -0.25) is 9.78 Å². The Labute approximate surface area is 213 Å². The van der Waals surface area contributed by atoms with Crippen LogP contribution in [0.4, 0.5) is 16.6 Å². The third-order valence-electron chi connectivity index (χ3n) is 6.76. The normalized spacial score (nSPS) is 16.5. The molecule has 4 aromatic heterocycles. The van der Waals surface area contributed by atoms with Crippen molar-refractivity contribution < 1.29 is 9.21 Å². The number of nitrogens with one attached hydrogen (secondary N) is 1. The number of aryl methyl sites for hydroxylation is 1. The van der Waals surface area contributed by atoms with Crippen molar-refractivity contribution >= 4 is 44.2 Å². The lowest BCUT2D eigenvalue weighted by molar-refractivity contribution is 0.102. The Morgan fingerprint density at radius 2 is 1.72 bits per heavy atom. The summed E-state index contributed by atoms with van der Waals surface area (Å²) in [7, 11) is 0. The predicted molar refractivity (Wildman–Crippen MR) is 142 cm³/mol. The molecule has 2 fully saturated rings. The highest BCUT2D eigenvalue weighted by atomic mass is 32.1. The lowest BCUT2D eigenvalue weighted by atomic mass is 10.1. The molecule has 6 heterocycles. The molecule has 0 bridgehead atoms. The van der Waals surface area contributed by atoms with E-state index in [9.17, 15) is 4.79 Å². The molecule has 4 aromatic rings. The summed E-state index contributed by atoms with van der Waals surface area (Å²) in [6.07, 6.45) is 10.2. The van der Waals surface area contributed by atoms with Crippen molar-refractivity contribution in [2.45, 2.75) is 45.4 Å². The molecule has 1 N–H and O–H groups in total. The molecule has 10 heteroatoms. The van der Waals surface area contributed by atoms with Crippen LogP contribution in [0.25, 0.3) is 21.8 Å². The van der Waals surface area contributed by atoms with E-state index in [0.29, 0.717) is 11.6 Å². The third-order valence-corrected chi connectivity index (χ3v) is 7.81. The Bertz CT molecular complexity index is 1390. The number of carbonyl (C=O) groups excluding carboxylic acids is 1. The number of oxazole rings is 1. The summed E-state index contributed by atoms with van der Waals surface area (Å²) in [6.45, 7) is 5.81. The van der Waals surface area contributed by atoms with Crippen molar-refractivity contribution in [3.8, 4) is 11.5 Å². The van der Waals surface area contributed by atoms with Gasteiger partial charge < -0.3 is 19.5 Å². The van der Waals surface area contributed by atoms with Gasteiger partial charge in [0, 0.05) is 43.6 Å². The minimum Gasteiger partial charge on any atom is -0.444 e. The first-order chi connectivity index (χ1) is 17.6. The molecule has 1 amide bonds. The lowest BCUT2D eigenvalue weighted by Crippen LogP contribution is -2.31. The van der Waals surface area contributed by atoms with E-state index < -0.39 is 0 Å². The highest BCUT2D eigenvalue weighted by Crippen LogP contribution is 2.36. The van der Waals surface area contributed by atoms with Gasteiger partial charge in [-0.15, -0.1) is 0 Å². The van der Waals surface area contributed by atoms with Gasteiger partial charge in [-0.1, -0.05) is 11.3 Å². The number of anilines is 3. The molecular weight excluding hydrogens is 474 g/mol. The van der Waals surface area contributed by atoms with Crippen LogP contribution < -0.4 is 15.1 Å². The van der Waals surface area contributed by atoms with Crippen molar-refractivity contribution in [2.75, 3.05) is 41.3 Å². The van der Waals surface area contributed by atoms with Crippen molar-refractivity contribution in [3.63, 3.8) is 0 Å². The second-order valence-corrected chi connectivity index (χ2v) is 10.5. The summed E-state index contributed by atoms with van der Waals surface area (Å²) in [5, 5.41) is 4.08. The Morgan fingerprint density at radius 3 is 2.47 bits per heavy atom. The van der Waals surface area contributed by atoms with E-state index in [2.05, 4.69) is 25.1 Å². The molecule has 0 aliphatic carbocycles. The van der Waals surface area contributed by atoms with E-state index in [-0.39, 0.29) is 11.6 Å². The number of hydrogen-bond donors (Lipinski definition) is 1. The van der Waals surface area contributed by atoms with Gasteiger partial charge in [-0.05, 0) is 63.6 Å². The molecule has 9 nitrogen and oxygen atoms in total. The van der Waals surface area contributed by atoms with Gasteiger partial charge >= 0.3 is 0 Å². The van der Waals surface area contributed by atoms with Crippen LogP contribution in [0.3, 0.4) is 0 Å². The average Bonchev–Trinajstić information content (AvgIpc) is 3.57. The maximum absolute atomic E-state index is 13.2. The summed E-state index contributed by atoms with van der Waals surface area (Å²) >= 11 is 1.64. The number of hydrogen-bond acceptors (Lipinski definition) is 9. The third kappa shape index (κ3) is 4.65. The van der Waals surface area contributed by atoms with E-state index in [1.54, 1.807) is 17.5 Å². The molecule has 0 atom stereocenters. The largest absolute Gasteiger partial charge is 0.444 e. The summed E-state index contributed by atoms with van der Waals surface area (Å²) in [6, 6.07) is 5.71. The number of pyridine rings is 2. The van der Waals surface area contributed by atoms with E-state index in [0.717, 1.165) is 71.6 Å². The van der Waals surface area contributed by atoms with Crippen molar-refractivity contribution in [2.24, 2.45) is 0 Å². The lowest BCUT2D eigenvalue weighted by Gasteiger charge is -2.29. The van der Waals surface area contributed by atoms with Crippen LogP contribution >= 0.6 is 11.3 Å². The smallest absolute Gasteiger partial charge is 0.277 e.